The number of aromatic nitrogens is 2. The third kappa shape index (κ3) is 5.02. The summed E-state index contributed by atoms with van der Waals surface area (Å²) in [7, 11) is 0. The number of hydrogen-bond donors (Lipinski definition) is 1. The Morgan fingerprint density at radius 1 is 1.39 bits per heavy atom. The molecule has 0 spiro atoms. The van der Waals surface area contributed by atoms with Gasteiger partial charge in [0.2, 0.25) is 0 Å². The zero-order valence-electron chi connectivity index (χ0n) is 12.2. The summed E-state index contributed by atoms with van der Waals surface area (Å²) in [6.07, 6.45) is 2.28. The molecule has 0 aromatic carbocycles. The molecule has 4 heteroatoms. The van der Waals surface area contributed by atoms with Crippen LogP contribution in [0.2, 0.25) is 0 Å². The van der Waals surface area contributed by atoms with Crippen LogP contribution in [0, 0.1) is 6.92 Å². The van der Waals surface area contributed by atoms with Crippen LogP contribution in [0.1, 0.15) is 38.6 Å². The number of hydrogen-bond acceptors (Lipinski definition) is 3. The summed E-state index contributed by atoms with van der Waals surface area (Å²) in [5, 5.41) is 8.18. The molecule has 1 rings (SSSR count). The molecule has 18 heavy (non-hydrogen) atoms. The van der Waals surface area contributed by atoms with Gasteiger partial charge in [0.1, 0.15) is 0 Å². The number of nitrogens with zero attached hydrogens (tertiary/aromatic N) is 2. The summed E-state index contributed by atoms with van der Waals surface area (Å²) in [6, 6.07) is 2.79. The van der Waals surface area contributed by atoms with Gasteiger partial charge in [-0.25, -0.2) is 0 Å². The molecule has 0 amide bonds. The summed E-state index contributed by atoms with van der Waals surface area (Å²) < 4.78 is 2.13. The number of aryl methyl sites for hydroxylation is 2. The summed E-state index contributed by atoms with van der Waals surface area (Å²) in [5.74, 6) is 2.38. The Labute approximate surface area is 116 Å². The molecule has 1 N–H and O–H groups in total. The van der Waals surface area contributed by atoms with Crippen molar-refractivity contribution in [2.45, 2.75) is 53.1 Å². The zero-order chi connectivity index (χ0) is 13.4. The van der Waals surface area contributed by atoms with E-state index in [1.807, 2.05) is 11.8 Å². The molecule has 1 aromatic rings. The van der Waals surface area contributed by atoms with Gasteiger partial charge in [-0.2, -0.15) is 16.9 Å². The van der Waals surface area contributed by atoms with Crippen LogP contribution in [-0.2, 0) is 13.0 Å². The Kier molecular flexibility index (Phi) is 7.44. The first kappa shape index (κ1) is 15.6. The van der Waals surface area contributed by atoms with Crippen LogP contribution in [0.4, 0.5) is 0 Å². The van der Waals surface area contributed by atoms with E-state index in [2.05, 4.69) is 48.9 Å². The predicted octanol–water partition coefficient (Wildman–Crippen LogP) is 2.88. The van der Waals surface area contributed by atoms with Crippen molar-refractivity contribution in [2.24, 2.45) is 0 Å². The molecule has 0 bridgehead atoms. The minimum absolute atomic E-state index is 0.566. The standard InChI is InChI=1S/C14H27N3S/c1-5-8-15-13(11-18-7-3)10-14-9-12(4)16-17(14)6-2/h9,13,15H,5-8,10-11H2,1-4H3. The molecule has 1 aromatic heterocycles. The molecule has 0 radical (unpaired) electrons. The average Bonchev–Trinajstić information content (AvgIpc) is 2.72. The van der Waals surface area contributed by atoms with Crippen LogP contribution in [-0.4, -0.2) is 33.9 Å². The predicted molar refractivity (Wildman–Crippen MR) is 81.4 cm³/mol. The molecule has 104 valence electrons. The highest BCUT2D eigenvalue weighted by Gasteiger charge is 2.12. The van der Waals surface area contributed by atoms with Crippen molar-refractivity contribution in [1.29, 1.82) is 0 Å². The van der Waals surface area contributed by atoms with Crippen molar-refractivity contribution in [3.63, 3.8) is 0 Å². The highest BCUT2D eigenvalue weighted by atomic mass is 32.2. The molecule has 1 unspecified atom stereocenters. The quantitative estimate of drug-likeness (QED) is 0.747. The Balaban J connectivity index is 2.61. The summed E-state index contributed by atoms with van der Waals surface area (Å²) >= 11 is 2.01. The Morgan fingerprint density at radius 3 is 2.78 bits per heavy atom. The van der Waals surface area contributed by atoms with E-state index in [1.54, 1.807) is 0 Å². The molecule has 0 aliphatic rings. The molecule has 0 saturated carbocycles. The zero-order valence-corrected chi connectivity index (χ0v) is 13.0. The maximum Gasteiger partial charge on any atom is 0.0596 e. The first-order valence-electron chi connectivity index (χ1n) is 7.05. The minimum Gasteiger partial charge on any atom is -0.313 e. The molecule has 3 nitrogen and oxygen atoms in total. The van der Waals surface area contributed by atoms with Gasteiger partial charge in [0.25, 0.3) is 0 Å². The van der Waals surface area contributed by atoms with Gasteiger partial charge in [-0.3, -0.25) is 4.68 Å². The molecule has 1 atom stereocenters. The number of rotatable bonds is 9. The fourth-order valence-corrected chi connectivity index (χ4v) is 2.84. The van der Waals surface area contributed by atoms with Gasteiger partial charge in [0.05, 0.1) is 5.69 Å². The largest absolute Gasteiger partial charge is 0.313 e. The monoisotopic (exact) mass is 269 g/mol. The smallest absolute Gasteiger partial charge is 0.0596 e. The van der Waals surface area contributed by atoms with Crippen molar-refractivity contribution in [3.05, 3.63) is 17.5 Å². The van der Waals surface area contributed by atoms with Gasteiger partial charge in [-0.05, 0) is 38.6 Å². The highest BCUT2D eigenvalue weighted by Crippen LogP contribution is 2.11. The second kappa shape index (κ2) is 8.59. The van der Waals surface area contributed by atoms with Gasteiger partial charge in [0, 0.05) is 30.5 Å². The first-order chi connectivity index (χ1) is 8.71. The Bertz CT molecular complexity index is 328. The molecule has 1 heterocycles. The van der Waals surface area contributed by atoms with E-state index < -0.39 is 0 Å². The fraction of sp³-hybridized carbons (Fsp3) is 0.786. The van der Waals surface area contributed by atoms with E-state index in [4.69, 9.17) is 0 Å². The van der Waals surface area contributed by atoms with E-state index in [9.17, 15) is 0 Å². The molecular formula is C14H27N3S. The lowest BCUT2D eigenvalue weighted by molar-refractivity contribution is 0.520. The second-order valence-electron chi connectivity index (χ2n) is 4.61. The van der Waals surface area contributed by atoms with Crippen LogP contribution in [0.3, 0.4) is 0 Å². The lowest BCUT2D eigenvalue weighted by Crippen LogP contribution is -2.34. The Hall–Kier alpha value is -0.480. The number of thioether (sulfide) groups is 1. The molecule has 0 aliphatic heterocycles. The third-order valence-electron chi connectivity index (χ3n) is 2.95. The van der Waals surface area contributed by atoms with Crippen LogP contribution < -0.4 is 5.32 Å². The molecule has 0 aliphatic carbocycles. The lowest BCUT2D eigenvalue weighted by Gasteiger charge is -2.18. The fourth-order valence-electron chi connectivity index (χ4n) is 2.09. The van der Waals surface area contributed by atoms with E-state index in [0.29, 0.717) is 6.04 Å². The van der Waals surface area contributed by atoms with Crippen molar-refractivity contribution in [2.75, 3.05) is 18.1 Å². The van der Waals surface area contributed by atoms with Crippen molar-refractivity contribution in [1.82, 2.24) is 15.1 Å². The second-order valence-corrected chi connectivity index (χ2v) is 5.93. The SMILES string of the molecule is CCCNC(CSCC)Cc1cc(C)nn1CC. The van der Waals surface area contributed by atoms with Crippen molar-refractivity contribution in [3.8, 4) is 0 Å². The topological polar surface area (TPSA) is 29.9 Å². The van der Waals surface area contributed by atoms with E-state index in [-0.39, 0.29) is 0 Å². The summed E-state index contributed by atoms with van der Waals surface area (Å²) in [4.78, 5) is 0. The van der Waals surface area contributed by atoms with Crippen LogP contribution in [0.5, 0.6) is 0 Å². The van der Waals surface area contributed by atoms with Crippen LogP contribution in [0.25, 0.3) is 0 Å². The normalized spacial score (nSPS) is 12.9. The maximum atomic E-state index is 4.52. The highest BCUT2D eigenvalue weighted by molar-refractivity contribution is 7.99. The van der Waals surface area contributed by atoms with Crippen molar-refractivity contribution >= 4 is 11.8 Å². The lowest BCUT2D eigenvalue weighted by atomic mass is 10.1. The van der Waals surface area contributed by atoms with E-state index in [0.717, 1.165) is 25.2 Å². The first-order valence-corrected chi connectivity index (χ1v) is 8.21. The summed E-state index contributed by atoms with van der Waals surface area (Å²) in [6.45, 7) is 10.7. The number of nitrogens with one attached hydrogen (secondary N) is 1. The third-order valence-corrected chi connectivity index (χ3v) is 3.99. The van der Waals surface area contributed by atoms with Crippen LogP contribution >= 0.6 is 11.8 Å². The van der Waals surface area contributed by atoms with E-state index in [1.165, 1.54) is 23.6 Å². The van der Waals surface area contributed by atoms with Gasteiger partial charge < -0.3 is 5.32 Å². The van der Waals surface area contributed by atoms with E-state index >= 15 is 0 Å². The minimum atomic E-state index is 0.566. The summed E-state index contributed by atoms with van der Waals surface area (Å²) in [5.41, 5.74) is 2.49. The van der Waals surface area contributed by atoms with Crippen LogP contribution in [0.15, 0.2) is 6.07 Å². The van der Waals surface area contributed by atoms with Gasteiger partial charge in [-0.1, -0.05) is 13.8 Å². The van der Waals surface area contributed by atoms with Crippen molar-refractivity contribution < 1.29 is 0 Å². The maximum absolute atomic E-state index is 4.52. The van der Waals surface area contributed by atoms with Gasteiger partial charge in [-0.15, -0.1) is 0 Å². The van der Waals surface area contributed by atoms with Gasteiger partial charge in [0.15, 0.2) is 0 Å². The molecule has 0 fully saturated rings. The van der Waals surface area contributed by atoms with Gasteiger partial charge >= 0.3 is 0 Å². The molecule has 0 saturated heterocycles. The molecular weight excluding hydrogens is 242 g/mol. The average molecular weight is 269 g/mol. The Morgan fingerprint density at radius 2 is 2.17 bits per heavy atom.